The van der Waals surface area contributed by atoms with Crippen LogP contribution in [0, 0.1) is 12.1 Å². The molecule has 5 heteroatoms. The van der Waals surface area contributed by atoms with Crippen LogP contribution in [0.3, 0.4) is 0 Å². The van der Waals surface area contributed by atoms with Crippen LogP contribution in [0.1, 0.15) is 16.8 Å². The van der Waals surface area contributed by atoms with Crippen molar-refractivity contribution in [3.05, 3.63) is 53.2 Å². The third-order valence-corrected chi connectivity index (χ3v) is 3.17. The average Bonchev–Trinajstić information content (AvgIpc) is 2.45. The SMILES string of the molecule is Fc1cccc(CNc2n[c]nc3c2CCNC3)c1. The quantitative estimate of drug-likeness (QED) is 0.878. The number of nitrogens with zero attached hydrogens (tertiary/aromatic N) is 2. The zero-order valence-electron chi connectivity index (χ0n) is 10.4. The second-order valence-electron chi connectivity index (χ2n) is 4.51. The molecule has 0 fully saturated rings. The summed E-state index contributed by atoms with van der Waals surface area (Å²) in [6.07, 6.45) is 3.56. The summed E-state index contributed by atoms with van der Waals surface area (Å²) < 4.78 is 13.1. The molecule has 4 nitrogen and oxygen atoms in total. The van der Waals surface area contributed by atoms with E-state index < -0.39 is 0 Å². The van der Waals surface area contributed by atoms with Gasteiger partial charge in [0, 0.05) is 18.7 Å². The third-order valence-electron chi connectivity index (χ3n) is 3.17. The fraction of sp³-hybridized carbons (Fsp3) is 0.286. The Labute approximate surface area is 111 Å². The lowest BCUT2D eigenvalue weighted by Gasteiger charge is -2.18. The Morgan fingerprint density at radius 3 is 3.21 bits per heavy atom. The van der Waals surface area contributed by atoms with Crippen molar-refractivity contribution in [1.29, 1.82) is 0 Å². The molecule has 0 bridgehead atoms. The number of hydrogen-bond donors (Lipinski definition) is 2. The van der Waals surface area contributed by atoms with Gasteiger partial charge in [-0.3, -0.25) is 0 Å². The first-order valence-corrected chi connectivity index (χ1v) is 6.28. The van der Waals surface area contributed by atoms with Crippen molar-refractivity contribution in [3.63, 3.8) is 0 Å². The van der Waals surface area contributed by atoms with Gasteiger partial charge >= 0.3 is 0 Å². The summed E-state index contributed by atoms with van der Waals surface area (Å²) in [7, 11) is 0. The van der Waals surface area contributed by atoms with E-state index in [9.17, 15) is 4.39 Å². The molecule has 1 aliphatic heterocycles. The summed E-state index contributed by atoms with van der Waals surface area (Å²) in [6.45, 7) is 2.22. The van der Waals surface area contributed by atoms with Gasteiger partial charge < -0.3 is 10.6 Å². The molecule has 2 aromatic rings. The zero-order valence-corrected chi connectivity index (χ0v) is 10.4. The first-order valence-electron chi connectivity index (χ1n) is 6.28. The number of anilines is 1. The molecule has 0 saturated carbocycles. The Balaban J connectivity index is 1.77. The molecule has 1 aromatic carbocycles. The molecule has 1 radical (unpaired) electrons. The maximum atomic E-state index is 13.1. The molecule has 0 saturated heterocycles. The zero-order chi connectivity index (χ0) is 13.1. The number of aromatic nitrogens is 2. The van der Waals surface area contributed by atoms with Crippen LogP contribution in [-0.2, 0) is 19.5 Å². The molecular weight excluding hydrogens is 243 g/mol. The molecular formula is C14H14FN4. The Hall–Kier alpha value is -2.01. The van der Waals surface area contributed by atoms with Gasteiger partial charge in [0.25, 0.3) is 0 Å². The van der Waals surface area contributed by atoms with Crippen LogP contribution in [0.4, 0.5) is 10.2 Å². The van der Waals surface area contributed by atoms with Crippen LogP contribution >= 0.6 is 0 Å². The summed E-state index contributed by atoms with van der Waals surface area (Å²) in [5.74, 6) is 0.579. The van der Waals surface area contributed by atoms with E-state index in [4.69, 9.17) is 0 Å². The monoisotopic (exact) mass is 257 g/mol. The Bertz CT molecular complexity index is 585. The highest BCUT2D eigenvalue weighted by atomic mass is 19.1. The van der Waals surface area contributed by atoms with Gasteiger partial charge in [0.2, 0.25) is 0 Å². The number of nitrogens with one attached hydrogen (secondary N) is 2. The van der Waals surface area contributed by atoms with Gasteiger partial charge in [0.1, 0.15) is 11.6 Å². The Morgan fingerprint density at radius 2 is 2.32 bits per heavy atom. The summed E-state index contributed by atoms with van der Waals surface area (Å²) in [4.78, 5) is 8.31. The molecule has 19 heavy (non-hydrogen) atoms. The molecule has 2 heterocycles. The van der Waals surface area contributed by atoms with Gasteiger partial charge in [-0.25, -0.2) is 14.4 Å². The van der Waals surface area contributed by atoms with Crippen molar-refractivity contribution in [2.45, 2.75) is 19.5 Å². The summed E-state index contributed by atoms with van der Waals surface area (Å²) >= 11 is 0. The van der Waals surface area contributed by atoms with Gasteiger partial charge in [0.15, 0.2) is 6.33 Å². The lowest BCUT2D eigenvalue weighted by molar-refractivity contribution is 0.622. The van der Waals surface area contributed by atoms with E-state index in [-0.39, 0.29) is 5.82 Å². The normalized spacial score (nSPS) is 13.9. The largest absolute Gasteiger partial charge is 0.366 e. The highest BCUT2D eigenvalue weighted by Gasteiger charge is 2.14. The molecule has 3 rings (SSSR count). The smallest absolute Gasteiger partial charge is 0.200 e. The van der Waals surface area contributed by atoms with E-state index in [1.54, 1.807) is 6.07 Å². The van der Waals surface area contributed by atoms with Crippen LogP contribution in [0.15, 0.2) is 24.3 Å². The molecule has 0 unspecified atom stereocenters. The molecule has 1 aliphatic rings. The van der Waals surface area contributed by atoms with Gasteiger partial charge in [0.05, 0.1) is 5.69 Å². The Kier molecular flexibility index (Phi) is 3.37. The van der Waals surface area contributed by atoms with Crippen LogP contribution in [0.2, 0.25) is 0 Å². The number of hydrogen-bond acceptors (Lipinski definition) is 4. The maximum Gasteiger partial charge on any atom is 0.200 e. The highest BCUT2D eigenvalue weighted by Crippen LogP contribution is 2.19. The third kappa shape index (κ3) is 2.71. The van der Waals surface area contributed by atoms with Crippen LogP contribution in [-0.4, -0.2) is 16.5 Å². The van der Waals surface area contributed by atoms with Crippen LogP contribution in [0.25, 0.3) is 0 Å². The van der Waals surface area contributed by atoms with E-state index in [1.165, 1.54) is 12.1 Å². The van der Waals surface area contributed by atoms with Crippen molar-refractivity contribution in [2.24, 2.45) is 0 Å². The van der Waals surface area contributed by atoms with Crippen molar-refractivity contribution in [3.8, 4) is 0 Å². The van der Waals surface area contributed by atoms with Gasteiger partial charge in [-0.15, -0.1) is 0 Å². The predicted octanol–water partition coefficient (Wildman–Crippen LogP) is 1.67. The minimum Gasteiger partial charge on any atom is -0.366 e. The average molecular weight is 257 g/mol. The number of fused-ring (bicyclic) bond motifs is 1. The standard InChI is InChI=1S/C14H14FN4/c15-11-3-1-2-10(6-11)7-17-14-12-4-5-16-8-13(12)18-9-19-14/h1-3,6,16H,4-5,7-8H2,(H,17,18,19). The number of halogens is 1. The van der Waals surface area contributed by atoms with Crippen molar-refractivity contribution < 1.29 is 4.39 Å². The van der Waals surface area contributed by atoms with E-state index in [1.807, 2.05) is 6.07 Å². The minimum atomic E-state index is -0.222. The van der Waals surface area contributed by atoms with Gasteiger partial charge in [-0.05, 0) is 30.7 Å². The molecule has 1 aromatic heterocycles. The van der Waals surface area contributed by atoms with Crippen LogP contribution < -0.4 is 10.6 Å². The van der Waals surface area contributed by atoms with E-state index in [2.05, 4.69) is 26.9 Å². The molecule has 0 aliphatic carbocycles. The fourth-order valence-electron chi connectivity index (χ4n) is 2.22. The van der Waals surface area contributed by atoms with Gasteiger partial charge in [-0.1, -0.05) is 12.1 Å². The van der Waals surface area contributed by atoms with E-state index in [0.717, 1.165) is 42.1 Å². The second kappa shape index (κ2) is 5.32. The highest BCUT2D eigenvalue weighted by molar-refractivity contribution is 5.47. The maximum absolute atomic E-state index is 13.1. The molecule has 97 valence electrons. The molecule has 0 atom stereocenters. The fourth-order valence-corrected chi connectivity index (χ4v) is 2.22. The van der Waals surface area contributed by atoms with Crippen molar-refractivity contribution >= 4 is 5.82 Å². The molecule has 0 amide bonds. The van der Waals surface area contributed by atoms with Crippen LogP contribution in [0.5, 0.6) is 0 Å². The van der Waals surface area contributed by atoms with E-state index in [0.29, 0.717) is 6.54 Å². The number of rotatable bonds is 3. The lowest BCUT2D eigenvalue weighted by Crippen LogP contribution is -2.26. The lowest BCUT2D eigenvalue weighted by atomic mass is 10.1. The molecule has 0 spiro atoms. The predicted molar refractivity (Wildman–Crippen MR) is 70.0 cm³/mol. The Morgan fingerprint density at radius 1 is 1.37 bits per heavy atom. The molecule has 2 N–H and O–H groups in total. The second-order valence-corrected chi connectivity index (χ2v) is 4.51. The summed E-state index contributed by atoms with van der Waals surface area (Å²) in [5, 5.41) is 6.50. The minimum absolute atomic E-state index is 0.222. The van der Waals surface area contributed by atoms with E-state index >= 15 is 0 Å². The van der Waals surface area contributed by atoms with Crippen molar-refractivity contribution in [1.82, 2.24) is 15.3 Å². The number of benzene rings is 1. The topological polar surface area (TPSA) is 49.8 Å². The first kappa shape index (κ1) is 12.0. The first-order chi connectivity index (χ1) is 9.33. The summed E-state index contributed by atoms with van der Waals surface area (Å²) in [6, 6.07) is 6.55. The summed E-state index contributed by atoms with van der Waals surface area (Å²) in [5.41, 5.74) is 3.01. The van der Waals surface area contributed by atoms with Gasteiger partial charge in [-0.2, -0.15) is 0 Å². The van der Waals surface area contributed by atoms with Crippen molar-refractivity contribution in [2.75, 3.05) is 11.9 Å².